The lowest BCUT2D eigenvalue weighted by Crippen LogP contribution is -2.23. The summed E-state index contributed by atoms with van der Waals surface area (Å²) in [5, 5.41) is 33.9. The smallest absolute Gasteiger partial charge is 0.434 e. The predicted molar refractivity (Wildman–Crippen MR) is 87.9 cm³/mol. The number of carbonyl (C=O) groups is 1. The lowest BCUT2D eigenvalue weighted by molar-refractivity contribution is -0.425. The first-order valence-electron chi connectivity index (χ1n) is 7.86. The van der Waals surface area contributed by atoms with Crippen molar-refractivity contribution in [1.82, 2.24) is 0 Å². The van der Waals surface area contributed by atoms with Crippen molar-refractivity contribution in [2.45, 2.75) is 32.1 Å². The number of rotatable bonds is 10. The van der Waals surface area contributed by atoms with Crippen LogP contribution in [0.25, 0.3) is 0 Å². The van der Waals surface area contributed by atoms with E-state index in [1.165, 1.54) is 6.92 Å². The number of hydrogen-bond acceptors (Lipinski definition) is 9. The van der Waals surface area contributed by atoms with Crippen LogP contribution in [0.2, 0.25) is 0 Å². The Labute approximate surface area is 159 Å². The van der Waals surface area contributed by atoms with Crippen LogP contribution < -0.4 is 4.74 Å². The maximum atomic E-state index is 12.8. The Kier molecular flexibility index (Phi) is 7.79. The molecule has 0 atom stereocenters. The van der Waals surface area contributed by atoms with Crippen LogP contribution in [0.4, 0.5) is 35.0 Å². The second kappa shape index (κ2) is 9.61. The second-order valence-electron chi connectivity index (χ2n) is 5.53. The van der Waals surface area contributed by atoms with Gasteiger partial charge in [0, 0.05) is 6.42 Å². The van der Waals surface area contributed by atoms with E-state index in [0.29, 0.717) is 6.07 Å². The van der Waals surface area contributed by atoms with Crippen LogP contribution >= 0.6 is 0 Å². The number of halogens is 3. The minimum absolute atomic E-state index is 0.170. The van der Waals surface area contributed by atoms with E-state index in [9.17, 15) is 48.3 Å². The van der Waals surface area contributed by atoms with Crippen molar-refractivity contribution in [1.29, 1.82) is 0 Å². The summed E-state index contributed by atoms with van der Waals surface area (Å²) in [6.07, 6.45) is -3.11. The highest BCUT2D eigenvalue weighted by Crippen LogP contribution is 2.45. The molecule has 0 fully saturated rings. The molecule has 0 heterocycles. The van der Waals surface area contributed by atoms with Crippen molar-refractivity contribution >= 4 is 23.2 Å². The summed E-state index contributed by atoms with van der Waals surface area (Å²) in [5.74, 6) is -4.96. The maximum Gasteiger partial charge on any atom is 0.514 e. The molecule has 1 aromatic rings. The molecule has 0 aliphatic heterocycles. The van der Waals surface area contributed by atoms with Crippen molar-refractivity contribution in [3.05, 3.63) is 42.0 Å². The number of nitro benzene ring substituents is 3. The first-order valence-corrected chi connectivity index (χ1v) is 7.86. The average Bonchev–Trinajstić information content (AvgIpc) is 2.61. The lowest BCUT2D eigenvalue weighted by atomic mass is 10.0. The summed E-state index contributed by atoms with van der Waals surface area (Å²) in [6.45, 7) is -1.54. The Morgan fingerprint density at radius 1 is 1.10 bits per heavy atom. The summed E-state index contributed by atoms with van der Waals surface area (Å²) in [6, 6.07) is 0.438. The van der Waals surface area contributed by atoms with Gasteiger partial charge < -0.3 is 9.47 Å². The molecule has 1 aromatic carbocycles. The zero-order valence-electron chi connectivity index (χ0n) is 14.8. The van der Waals surface area contributed by atoms with Crippen molar-refractivity contribution in [3.8, 4) is 5.75 Å². The van der Waals surface area contributed by atoms with Gasteiger partial charge >= 0.3 is 17.5 Å². The second-order valence-corrected chi connectivity index (χ2v) is 5.53. The van der Waals surface area contributed by atoms with Gasteiger partial charge in [0.25, 0.3) is 11.6 Å². The van der Waals surface area contributed by atoms with Crippen molar-refractivity contribution in [3.63, 3.8) is 0 Å². The van der Waals surface area contributed by atoms with Crippen LogP contribution in [0.15, 0.2) is 6.07 Å². The third-order valence-electron chi connectivity index (χ3n) is 3.46. The molecule has 29 heavy (non-hydrogen) atoms. The number of benzene rings is 1. The van der Waals surface area contributed by atoms with Crippen LogP contribution in [0.5, 0.6) is 5.75 Å². The van der Waals surface area contributed by atoms with E-state index < -0.39 is 74.9 Å². The molecule has 0 spiro atoms. The molecule has 1 rings (SSSR count). The summed E-state index contributed by atoms with van der Waals surface area (Å²) in [7, 11) is 0. The number of ether oxygens (including phenoxy) is 2. The van der Waals surface area contributed by atoms with Gasteiger partial charge in [-0.05, 0) is 6.42 Å². The van der Waals surface area contributed by atoms with Crippen LogP contribution in [0.1, 0.15) is 25.3 Å². The molecule has 15 heteroatoms. The molecule has 0 aliphatic carbocycles. The van der Waals surface area contributed by atoms with Crippen molar-refractivity contribution in [2.75, 3.05) is 13.3 Å². The third kappa shape index (κ3) is 5.98. The highest BCUT2D eigenvalue weighted by atomic mass is 19.3. The van der Waals surface area contributed by atoms with Gasteiger partial charge in [-0.15, -0.1) is 0 Å². The summed E-state index contributed by atoms with van der Waals surface area (Å²) >= 11 is 0. The van der Waals surface area contributed by atoms with Crippen molar-refractivity contribution < 1.29 is 42.2 Å². The van der Waals surface area contributed by atoms with Gasteiger partial charge in [-0.1, -0.05) is 13.3 Å². The highest BCUT2D eigenvalue weighted by Gasteiger charge is 2.40. The van der Waals surface area contributed by atoms with Gasteiger partial charge in [0.1, 0.15) is 12.2 Å². The Bertz CT molecular complexity index is 832. The fourth-order valence-electron chi connectivity index (χ4n) is 2.24. The Morgan fingerprint density at radius 2 is 1.69 bits per heavy atom. The molecule has 0 radical (unpaired) electrons. The number of alkyl halides is 3. The molecule has 0 N–H and O–H groups in total. The van der Waals surface area contributed by atoms with Gasteiger partial charge in [-0.25, -0.2) is 18.0 Å². The zero-order valence-corrected chi connectivity index (χ0v) is 14.8. The highest BCUT2D eigenvalue weighted by molar-refractivity contribution is 5.76. The molecular formula is C14H14F3N3O9. The Hall–Kier alpha value is -3.52. The topological polar surface area (TPSA) is 165 Å². The SMILES string of the molecule is CCCc1c([N+](=O)[O-])cc(OC(=O)OCCC(F)(F)CF)c([N+](=O)[O-])c1[N+](=O)[O-]. The van der Waals surface area contributed by atoms with Gasteiger partial charge in [0.15, 0.2) is 6.67 Å². The average molecular weight is 425 g/mol. The summed E-state index contributed by atoms with van der Waals surface area (Å²) in [5.41, 5.74) is -4.03. The van der Waals surface area contributed by atoms with E-state index >= 15 is 0 Å². The van der Waals surface area contributed by atoms with E-state index in [0.717, 1.165) is 0 Å². The lowest BCUT2D eigenvalue weighted by Gasteiger charge is -2.12. The predicted octanol–water partition coefficient (Wildman–Crippen LogP) is 3.87. The standard InChI is InChI=1S/C14H14F3N3O9/c1-2-3-8-9(18(22)23)6-10(12(20(26)27)11(8)19(24)25)29-13(21)28-5-4-14(16,17)7-15/h6H,2-5,7H2,1H3. The fourth-order valence-corrected chi connectivity index (χ4v) is 2.24. The monoisotopic (exact) mass is 425 g/mol. The minimum atomic E-state index is -3.79. The fraction of sp³-hybridized carbons (Fsp3) is 0.500. The molecule has 0 bridgehead atoms. The number of nitrogens with zero attached hydrogens (tertiary/aromatic N) is 3. The van der Waals surface area contributed by atoms with Crippen LogP contribution in [-0.4, -0.2) is 40.1 Å². The van der Waals surface area contributed by atoms with Crippen LogP contribution in [0, 0.1) is 30.3 Å². The number of carbonyl (C=O) groups excluding carboxylic acids is 1. The van der Waals surface area contributed by atoms with Crippen LogP contribution in [0.3, 0.4) is 0 Å². The Balaban J connectivity index is 3.35. The van der Waals surface area contributed by atoms with E-state index in [1.807, 2.05) is 0 Å². The van der Waals surface area contributed by atoms with Gasteiger partial charge in [0.05, 0.1) is 20.8 Å². The number of nitro groups is 3. The summed E-state index contributed by atoms with van der Waals surface area (Å²) < 4.78 is 46.2. The van der Waals surface area contributed by atoms with Gasteiger partial charge in [0.2, 0.25) is 5.75 Å². The first-order chi connectivity index (χ1) is 13.4. The molecule has 160 valence electrons. The molecule has 0 amide bonds. The van der Waals surface area contributed by atoms with E-state index in [1.54, 1.807) is 0 Å². The van der Waals surface area contributed by atoms with E-state index in [2.05, 4.69) is 9.47 Å². The molecular weight excluding hydrogens is 411 g/mol. The minimum Gasteiger partial charge on any atom is -0.434 e. The first kappa shape index (κ1) is 23.5. The molecule has 12 nitrogen and oxygen atoms in total. The molecule has 0 aliphatic rings. The largest absolute Gasteiger partial charge is 0.514 e. The van der Waals surface area contributed by atoms with E-state index in [-0.39, 0.29) is 12.8 Å². The quantitative estimate of drug-likeness (QED) is 0.234. The van der Waals surface area contributed by atoms with Gasteiger partial charge in [-0.2, -0.15) is 0 Å². The van der Waals surface area contributed by atoms with Crippen molar-refractivity contribution in [2.24, 2.45) is 0 Å². The molecule has 0 unspecified atom stereocenters. The third-order valence-corrected chi connectivity index (χ3v) is 3.46. The number of hydrogen-bond donors (Lipinski definition) is 0. The Morgan fingerprint density at radius 3 is 2.14 bits per heavy atom. The normalized spacial score (nSPS) is 11.0. The summed E-state index contributed by atoms with van der Waals surface area (Å²) in [4.78, 5) is 41.9. The maximum absolute atomic E-state index is 12.8. The van der Waals surface area contributed by atoms with Crippen LogP contribution in [-0.2, 0) is 11.2 Å². The van der Waals surface area contributed by atoms with E-state index in [4.69, 9.17) is 0 Å². The zero-order chi connectivity index (χ0) is 22.4. The van der Waals surface area contributed by atoms with Gasteiger partial charge in [-0.3, -0.25) is 30.3 Å². The molecule has 0 aromatic heterocycles. The molecule has 0 saturated carbocycles. The molecule has 0 saturated heterocycles.